The van der Waals surface area contributed by atoms with Gasteiger partial charge in [-0.2, -0.15) is 5.10 Å². The van der Waals surface area contributed by atoms with Gasteiger partial charge < -0.3 is 4.90 Å². The summed E-state index contributed by atoms with van der Waals surface area (Å²) in [5.41, 5.74) is 2.29. The van der Waals surface area contributed by atoms with E-state index in [1.807, 2.05) is 48.5 Å². The van der Waals surface area contributed by atoms with Gasteiger partial charge in [-0.25, -0.2) is 9.67 Å². The summed E-state index contributed by atoms with van der Waals surface area (Å²) in [6, 6.07) is 17.1. The maximum atomic E-state index is 13.2. The molecule has 2 aromatic carbocycles. The Morgan fingerprint density at radius 2 is 1.82 bits per heavy atom. The molecule has 0 saturated carbocycles. The van der Waals surface area contributed by atoms with Crippen molar-refractivity contribution in [3.63, 3.8) is 0 Å². The third kappa shape index (κ3) is 3.86. The maximum Gasteiger partial charge on any atom is 0.256 e. The number of nitrogens with zero attached hydrogens (tertiary/aromatic N) is 4. The Hall–Kier alpha value is -3.28. The van der Waals surface area contributed by atoms with E-state index in [9.17, 15) is 9.59 Å². The number of aromatic nitrogens is 3. The molecule has 1 aliphatic rings. The number of amides is 1. The molecule has 1 atom stereocenters. The predicted octanol–water partition coefficient (Wildman–Crippen LogP) is 2.93. The Balaban J connectivity index is 1.49. The molecule has 0 unspecified atom stereocenters. The van der Waals surface area contributed by atoms with Crippen LogP contribution in [0.15, 0.2) is 67.3 Å². The van der Waals surface area contributed by atoms with Crippen LogP contribution in [0.5, 0.6) is 0 Å². The zero-order valence-corrected chi connectivity index (χ0v) is 15.6. The van der Waals surface area contributed by atoms with E-state index in [1.54, 1.807) is 22.0 Å². The summed E-state index contributed by atoms with van der Waals surface area (Å²) in [7, 11) is 0. The van der Waals surface area contributed by atoms with Crippen LogP contribution < -0.4 is 0 Å². The van der Waals surface area contributed by atoms with Crippen molar-refractivity contribution in [2.75, 3.05) is 13.1 Å². The van der Waals surface area contributed by atoms with Gasteiger partial charge in [0.25, 0.3) is 5.91 Å². The second-order valence-electron chi connectivity index (χ2n) is 7.08. The first kappa shape index (κ1) is 18.1. The molecule has 1 fully saturated rings. The second kappa shape index (κ2) is 8.17. The van der Waals surface area contributed by atoms with Gasteiger partial charge in [0.1, 0.15) is 18.4 Å². The molecule has 4 rings (SSSR count). The number of para-hydroxylation sites is 1. The number of rotatable bonds is 5. The van der Waals surface area contributed by atoms with E-state index in [2.05, 4.69) is 10.1 Å². The van der Waals surface area contributed by atoms with Crippen molar-refractivity contribution in [1.82, 2.24) is 19.7 Å². The Bertz CT molecular complexity index is 954. The minimum atomic E-state index is -0.114. The van der Waals surface area contributed by atoms with E-state index in [4.69, 9.17) is 0 Å². The lowest BCUT2D eigenvalue weighted by atomic mass is 9.90. The van der Waals surface area contributed by atoms with Gasteiger partial charge in [-0.15, -0.1) is 0 Å². The fourth-order valence-corrected chi connectivity index (χ4v) is 3.72. The topological polar surface area (TPSA) is 68.1 Å². The largest absolute Gasteiger partial charge is 0.338 e. The van der Waals surface area contributed by atoms with Crippen molar-refractivity contribution >= 4 is 11.7 Å². The van der Waals surface area contributed by atoms with Crippen molar-refractivity contribution < 1.29 is 9.59 Å². The first-order chi connectivity index (χ1) is 13.7. The van der Waals surface area contributed by atoms with Gasteiger partial charge >= 0.3 is 0 Å². The third-order valence-electron chi connectivity index (χ3n) is 5.19. The molecule has 0 spiro atoms. The monoisotopic (exact) mass is 374 g/mol. The number of benzene rings is 2. The number of carbonyl (C=O) groups is 2. The lowest BCUT2D eigenvalue weighted by Gasteiger charge is -2.32. The minimum absolute atomic E-state index is 0.0664. The number of hydrogen-bond donors (Lipinski definition) is 0. The molecule has 3 aromatic rings. The van der Waals surface area contributed by atoms with Crippen LogP contribution in [0.2, 0.25) is 0 Å². The molecule has 6 nitrogen and oxygen atoms in total. The zero-order chi connectivity index (χ0) is 19.3. The summed E-state index contributed by atoms with van der Waals surface area (Å²) in [6.45, 7) is 1.13. The van der Waals surface area contributed by atoms with Crippen molar-refractivity contribution in [2.24, 2.45) is 5.92 Å². The SMILES string of the molecule is O=C(Cc1ccccc1)[C@@H]1CCCN(C(=O)c2ccccc2-n2cncn2)C1. The average Bonchev–Trinajstić information content (AvgIpc) is 3.29. The molecule has 1 aliphatic heterocycles. The standard InChI is InChI=1S/C22H22N4O2/c27-21(13-17-7-2-1-3-8-17)18-9-6-12-25(14-18)22(28)19-10-4-5-11-20(19)26-16-23-15-24-26/h1-5,7-8,10-11,15-16,18H,6,9,12-14H2/t18-/m1/s1. The number of carbonyl (C=O) groups excluding carboxylic acids is 2. The first-order valence-corrected chi connectivity index (χ1v) is 9.52. The van der Waals surface area contributed by atoms with Gasteiger partial charge in [-0.05, 0) is 30.5 Å². The van der Waals surface area contributed by atoms with Gasteiger partial charge in [0, 0.05) is 25.4 Å². The Kier molecular flexibility index (Phi) is 5.28. The van der Waals surface area contributed by atoms with Gasteiger partial charge in [-0.3, -0.25) is 9.59 Å². The van der Waals surface area contributed by atoms with Crippen LogP contribution in [0.4, 0.5) is 0 Å². The normalized spacial score (nSPS) is 16.7. The summed E-state index contributed by atoms with van der Waals surface area (Å²) in [4.78, 5) is 31.7. The molecule has 1 aromatic heterocycles. The molecule has 1 amide bonds. The molecule has 0 bridgehead atoms. The fraction of sp³-hybridized carbons (Fsp3) is 0.273. The van der Waals surface area contributed by atoms with Gasteiger partial charge in [-0.1, -0.05) is 42.5 Å². The lowest BCUT2D eigenvalue weighted by Crippen LogP contribution is -2.43. The first-order valence-electron chi connectivity index (χ1n) is 9.52. The van der Waals surface area contributed by atoms with Crippen molar-refractivity contribution in [3.05, 3.63) is 78.4 Å². The van der Waals surface area contributed by atoms with E-state index in [-0.39, 0.29) is 17.6 Å². The van der Waals surface area contributed by atoms with Crippen molar-refractivity contribution in [2.45, 2.75) is 19.3 Å². The van der Waals surface area contributed by atoms with E-state index in [1.165, 1.54) is 6.33 Å². The fourth-order valence-electron chi connectivity index (χ4n) is 3.72. The van der Waals surface area contributed by atoms with Crippen LogP contribution in [0.25, 0.3) is 5.69 Å². The van der Waals surface area contributed by atoms with Crippen LogP contribution >= 0.6 is 0 Å². The number of Topliss-reactive ketones (excluding diaryl/α,β-unsaturated/α-hetero) is 1. The van der Waals surface area contributed by atoms with Crippen molar-refractivity contribution in [1.29, 1.82) is 0 Å². The van der Waals surface area contributed by atoms with E-state index in [0.717, 1.165) is 18.4 Å². The number of ketones is 1. The quantitative estimate of drug-likeness (QED) is 0.689. The molecular formula is C22H22N4O2. The predicted molar refractivity (Wildman–Crippen MR) is 105 cm³/mol. The average molecular weight is 374 g/mol. The number of likely N-dealkylation sites (tertiary alicyclic amines) is 1. The third-order valence-corrected chi connectivity index (χ3v) is 5.19. The highest BCUT2D eigenvalue weighted by Crippen LogP contribution is 2.23. The van der Waals surface area contributed by atoms with Gasteiger partial charge in [0.2, 0.25) is 0 Å². The summed E-state index contributed by atoms with van der Waals surface area (Å²) < 4.78 is 1.59. The highest BCUT2D eigenvalue weighted by Gasteiger charge is 2.29. The smallest absolute Gasteiger partial charge is 0.256 e. The summed E-state index contributed by atoms with van der Waals surface area (Å²) in [6.07, 6.45) is 5.11. The number of piperidine rings is 1. The molecule has 142 valence electrons. The van der Waals surface area contributed by atoms with Crippen molar-refractivity contribution in [3.8, 4) is 5.69 Å². The summed E-state index contributed by atoms with van der Waals surface area (Å²) in [5.74, 6) is 0.0213. The zero-order valence-electron chi connectivity index (χ0n) is 15.6. The van der Waals surface area contributed by atoms with Crippen LogP contribution in [0.1, 0.15) is 28.8 Å². The van der Waals surface area contributed by atoms with Crippen LogP contribution in [0, 0.1) is 5.92 Å². The van der Waals surface area contributed by atoms with E-state index in [0.29, 0.717) is 30.8 Å². The van der Waals surface area contributed by atoms with Crippen LogP contribution in [-0.4, -0.2) is 44.4 Å². The van der Waals surface area contributed by atoms with Crippen LogP contribution in [0.3, 0.4) is 0 Å². The summed E-state index contributed by atoms with van der Waals surface area (Å²) in [5, 5.41) is 4.15. The molecule has 0 radical (unpaired) electrons. The van der Waals surface area contributed by atoms with E-state index >= 15 is 0 Å². The molecule has 28 heavy (non-hydrogen) atoms. The second-order valence-corrected chi connectivity index (χ2v) is 7.08. The molecular weight excluding hydrogens is 352 g/mol. The van der Waals surface area contributed by atoms with Gasteiger partial charge in [0.05, 0.1) is 11.3 Å². The lowest BCUT2D eigenvalue weighted by molar-refractivity contribution is -0.123. The number of hydrogen-bond acceptors (Lipinski definition) is 4. The Labute approximate surface area is 163 Å². The molecule has 2 heterocycles. The highest BCUT2D eigenvalue weighted by molar-refractivity contribution is 5.98. The van der Waals surface area contributed by atoms with Crippen LogP contribution in [-0.2, 0) is 11.2 Å². The van der Waals surface area contributed by atoms with Gasteiger partial charge in [0.15, 0.2) is 0 Å². The summed E-state index contributed by atoms with van der Waals surface area (Å²) >= 11 is 0. The Morgan fingerprint density at radius 3 is 2.61 bits per heavy atom. The molecule has 0 aliphatic carbocycles. The highest BCUT2D eigenvalue weighted by atomic mass is 16.2. The Morgan fingerprint density at radius 1 is 1.04 bits per heavy atom. The minimum Gasteiger partial charge on any atom is -0.338 e. The molecule has 0 N–H and O–H groups in total. The van der Waals surface area contributed by atoms with E-state index < -0.39 is 0 Å². The molecule has 6 heteroatoms. The maximum absolute atomic E-state index is 13.2. The molecule has 1 saturated heterocycles.